The molecule has 5 nitrogen and oxygen atoms in total. The molecule has 5 heteroatoms. The molecule has 3 aliphatic rings. The average Bonchev–Trinajstić information content (AvgIpc) is 2.97. The summed E-state index contributed by atoms with van der Waals surface area (Å²) in [5.41, 5.74) is -0.612. The highest BCUT2D eigenvalue weighted by atomic mass is 16.6. The van der Waals surface area contributed by atoms with Crippen LogP contribution < -0.4 is 0 Å². The third-order valence-electron chi connectivity index (χ3n) is 6.16. The second kappa shape index (κ2) is 4.74. The molecule has 2 unspecified atom stereocenters. The fraction of sp³-hybridized carbons (Fsp3) is 0.778. The number of esters is 1. The van der Waals surface area contributed by atoms with Crippen LogP contribution in [0.4, 0.5) is 0 Å². The normalized spacial score (nSPS) is 38.7. The van der Waals surface area contributed by atoms with E-state index in [0.717, 1.165) is 32.1 Å². The monoisotopic (exact) mass is 318 g/mol. The Morgan fingerprint density at radius 1 is 1.39 bits per heavy atom. The van der Waals surface area contributed by atoms with E-state index in [9.17, 15) is 9.90 Å². The van der Waals surface area contributed by atoms with Crippen LogP contribution in [0.2, 0.25) is 0 Å². The van der Waals surface area contributed by atoms with Gasteiger partial charge in [0, 0.05) is 0 Å². The summed E-state index contributed by atoms with van der Waals surface area (Å²) in [5.74, 6) is 1.95. The van der Waals surface area contributed by atoms with E-state index in [1.54, 1.807) is 6.20 Å². The van der Waals surface area contributed by atoms with Gasteiger partial charge in [-0.15, -0.1) is 0 Å². The minimum Gasteiger partial charge on any atom is -0.505 e. The van der Waals surface area contributed by atoms with Gasteiger partial charge in [0.15, 0.2) is 5.75 Å². The molecule has 0 aliphatic heterocycles. The Balaban J connectivity index is 1.50. The molecular weight excluding hydrogens is 292 g/mol. The van der Waals surface area contributed by atoms with Crippen LogP contribution in [0.15, 0.2) is 12.4 Å². The van der Waals surface area contributed by atoms with Crippen molar-refractivity contribution >= 4 is 5.97 Å². The number of aromatic nitrogens is 2. The maximum atomic E-state index is 12.8. The minimum absolute atomic E-state index is 0.0314. The van der Waals surface area contributed by atoms with Crippen molar-refractivity contribution in [3.05, 3.63) is 12.4 Å². The maximum absolute atomic E-state index is 12.8. The summed E-state index contributed by atoms with van der Waals surface area (Å²) in [5, 5.41) is 13.8. The highest BCUT2D eigenvalue weighted by molar-refractivity contribution is 5.79. The van der Waals surface area contributed by atoms with Gasteiger partial charge in [0.05, 0.1) is 23.9 Å². The van der Waals surface area contributed by atoms with Gasteiger partial charge in [-0.2, -0.15) is 5.10 Å². The van der Waals surface area contributed by atoms with Crippen LogP contribution >= 0.6 is 0 Å². The molecule has 0 radical (unpaired) electrons. The topological polar surface area (TPSA) is 64.3 Å². The average molecular weight is 318 g/mol. The molecule has 1 aromatic heterocycles. The van der Waals surface area contributed by atoms with Crippen molar-refractivity contribution in [2.24, 2.45) is 23.2 Å². The highest BCUT2D eigenvalue weighted by Gasteiger charge is 2.67. The second-order valence-corrected chi connectivity index (χ2v) is 8.75. The van der Waals surface area contributed by atoms with Gasteiger partial charge < -0.3 is 9.84 Å². The molecule has 0 amide bonds. The quantitative estimate of drug-likeness (QED) is 0.850. The number of hydrogen-bond donors (Lipinski definition) is 1. The zero-order valence-electron chi connectivity index (χ0n) is 14.2. The first-order valence-electron chi connectivity index (χ1n) is 8.75. The van der Waals surface area contributed by atoms with Gasteiger partial charge in [0.25, 0.3) is 0 Å². The zero-order valence-corrected chi connectivity index (χ0v) is 14.2. The van der Waals surface area contributed by atoms with Crippen LogP contribution in [0.1, 0.15) is 58.9 Å². The van der Waals surface area contributed by atoms with E-state index in [2.05, 4.69) is 5.10 Å². The fourth-order valence-electron chi connectivity index (χ4n) is 5.48. The van der Waals surface area contributed by atoms with Crippen molar-refractivity contribution in [1.29, 1.82) is 0 Å². The predicted octanol–water partition coefficient (Wildman–Crippen LogP) is 3.30. The van der Waals surface area contributed by atoms with E-state index in [-0.39, 0.29) is 17.1 Å². The maximum Gasteiger partial charge on any atom is 0.312 e. The largest absolute Gasteiger partial charge is 0.505 e. The van der Waals surface area contributed by atoms with Gasteiger partial charge in [-0.05, 0) is 70.6 Å². The number of carbonyl (C=O) groups is 1. The summed E-state index contributed by atoms with van der Waals surface area (Å²) >= 11 is 0. The van der Waals surface area contributed by atoms with Gasteiger partial charge in [-0.25, -0.2) is 0 Å². The van der Waals surface area contributed by atoms with Gasteiger partial charge >= 0.3 is 5.97 Å². The van der Waals surface area contributed by atoms with Crippen molar-refractivity contribution in [3.8, 4) is 5.75 Å². The molecule has 3 saturated carbocycles. The van der Waals surface area contributed by atoms with E-state index < -0.39 is 5.60 Å². The molecule has 3 fully saturated rings. The molecule has 1 aromatic rings. The van der Waals surface area contributed by atoms with Crippen LogP contribution in [-0.4, -0.2) is 26.5 Å². The van der Waals surface area contributed by atoms with Crippen molar-refractivity contribution < 1.29 is 14.6 Å². The Morgan fingerprint density at radius 2 is 2.13 bits per heavy atom. The lowest BCUT2D eigenvalue weighted by atomic mass is 9.49. The molecule has 5 atom stereocenters. The van der Waals surface area contributed by atoms with E-state index in [4.69, 9.17) is 4.74 Å². The SMILES string of the molecule is CC(C)(C)OC(=O)C12CC[C@@H]3C[C@@H](n4cc(O)cn4)C[C@H](C1)C32. The summed E-state index contributed by atoms with van der Waals surface area (Å²) in [4.78, 5) is 12.8. The smallest absolute Gasteiger partial charge is 0.312 e. The first kappa shape index (κ1) is 15.0. The second-order valence-electron chi connectivity index (χ2n) is 8.75. The molecule has 0 bridgehead atoms. The Hall–Kier alpha value is -1.52. The molecule has 126 valence electrons. The van der Waals surface area contributed by atoms with Gasteiger partial charge in [0.2, 0.25) is 0 Å². The molecule has 1 N–H and O–H groups in total. The van der Waals surface area contributed by atoms with E-state index in [0.29, 0.717) is 23.8 Å². The molecule has 0 saturated heterocycles. The Morgan fingerprint density at radius 3 is 2.78 bits per heavy atom. The third kappa shape index (κ3) is 2.27. The van der Waals surface area contributed by atoms with Crippen LogP contribution in [0.3, 0.4) is 0 Å². The summed E-state index contributed by atoms with van der Waals surface area (Å²) in [7, 11) is 0. The standard InChI is InChI=1S/C18H26N2O3/c1-17(2,3)23-16(22)18-5-4-11-6-13(7-12(8-18)15(11)18)20-10-14(21)9-19-20/h9-13,15,21H,4-8H2,1-3H3/t11-,12-,13-,15?,18?/m1/s1. The van der Waals surface area contributed by atoms with Gasteiger partial charge in [-0.3, -0.25) is 9.48 Å². The summed E-state index contributed by atoms with van der Waals surface area (Å²) in [6.45, 7) is 5.85. The van der Waals surface area contributed by atoms with Gasteiger partial charge in [-0.1, -0.05) is 0 Å². The molecule has 3 aliphatic carbocycles. The number of rotatable bonds is 2. The summed E-state index contributed by atoms with van der Waals surface area (Å²) in [6, 6.07) is 0.358. The number of nitrogens with zero attached hydrogens (tertiary/aromatic N) is 2. The Labute approximate surface area is 137 Å². The molecular formula is C18H26N2O3. The Bertz CT molecular complexity index is 632. The first-order chi connectivity index (χ1) is 10.8. The van der Waals surface area contributed by atoms with Crippen LogP contribution in [-0.2, 0) is 9.53 Å². The van der Waals surface area contributed by atoms with Gasteiger partial charge in [0.1, 0.15) is 5.60 Å². The molecule has 23 heavy (non-hydrogen) atoms. The number of hydrogen-bond acceptors (Lipinski definition) is 4. The zero-order chi connectivity index (χ0) is 16.4. The van der Waals surface area contributed by atoms with E-state index in [1.807, 2.05) is 25.5 Å². The molecule has 0 aromatic carbocycles. The summed E-state index contributed by atoms with van der Waals surface area (Å²) < 4.78 is 7.65. The van der Waals surface area contributed by atoms with Crippen molar-refractivity contribution in [1.82, 2.24) is 9.78 Å². The minimum atomic E-state index is -0.404. The van der Waals surface area contributed by atoms with Crippen molar-refractivity contribution in [2.75, 3.05) is 0 Å². The number of carbonyl (C=O) groups excluding carboxylic acids is 1. The first-order valence-corrected chi connectivity index (χ1v) is 8.75. The fourth-order valence-corrected chi connectivity index (χ4v) is 5.48. The lowest BCUT2D eigenvalue weighted by molar-refractivity contribution is -0.189. The lowest BCUT2D eigenvalue weighted by Crippen LogP contribution is -2.55. The van der Waals surface area contributed by atoms with E-state index >= 15 is 0 Å². The number of aromatic hydroxyl groups is 1. The van der Waals surface area contributed by atoms with E-state index in [1.165, 1.54) is 6.20 Å². The third-order valence-corrected chi connectivity index (χ3v) is 6.16. The van der Waals surface area contributed by atoms with Crippen LogP contribution in [0, 0.1) is 23.2 Å². The molecule has 4 rings (SSSR count). The predicted molar refractivity (Wildman–Crippen MR) is 84.8 cm³/mol. The van der Waals surface area contributed by atoms with Crippen LogP contribution in [0.5, 0.6) is 5.75 Å². The Kier molecular flexibility index (Phi) is 3.10. The summed E-state index contributed by atoms with van der Waals surface area (Å²) in [6.07, 6.45) is 8.41. The molecule has 0 spiro atoms. The van der Waals surface area contributed by atoms with Crippen molar-refractivity contribution in [2.45, 2.75) is 64.5 Å². The molecule has 1 heterocycles. The number of ether oxygens (including phenoxy) is 1. The van der Waals surface area contributed by atoms with Crippen LogP contribution in [0.25, 0.3) is 0 Å². The lowest BCUT2D eigenvalue weighted by Gasteiger charge is -2.55. The highest BCUT2D eigenvalue weighted by Crippen LogP contribution is 2.69. The van der Waals surface area contributed by atoms with Crippen molar-refractivity contribution in [3.63, 3.8) is 0 Å².